The van der Waals surface area contributed by atoms with Crippen LogP contribution in [0, 0.1) is 0 Å². The molecule has 1 unspecified atom stereocenters. The predicted octanol–water partition coefficient (Wildman–Crippen LogP) is 9.69. The molecule has 0 N–H and O–H groups in total. The Morgan fingerprint density at radius 2 is 1.31 bits per heavy atom. The van der Waals surface area contributed by atoms with Crippen molar-refractivity contribution in [2.45, 2.75) is 104 Å². The molecule has 1 atom stereocenters. The maximum absolute atomic E-state index is 5.18. The Morgan fingerprint density at radius 3 is 1.91 bits per heavy atom. The van der Waals surface area contributed by atoms with E-state index in [0.717, 1.165) is 28.8 Å². The molecule has 0 saturated carbocycles. The van der Waals surface area contributed by atoms with Crippen molar-refractivity contribution in [3.63, 3.8) is 0 Å². The van der Waals surface area contributed by atoms with E-state index in [4.69, 9.17) is 9.97 Å². The monoisotopic (exact) mass is 486 g/mol. The highest BCUT2D eigenvalue weighted by atomic mass is 32.1. The van der Waals surface area contributed by atoms with Gasteiger partial charge in [0, 0.05) is 20.4 Å². The standard InChI is InChI=1S/C32H42N2S/c1-21(27-26(30(2,3)4)22-16-10-13-19-25(22)35-27)15-14-20-32(8,9)29-28(31(5,6)7)33-23-17-11-12-18-24(23)34-29/h10-13,16-19,21H,14-15,20H2,1-9H3. The summed E-state index contributed by atoms with van der Waals surface area (Å²) in [6.07, 6.45) is 3.46. The smallest absolute Gasteiger partial charge is 0.0890 e. The van der Waals surface area contributed by atoms with Crippen LogP contribution < -0.4 is 0 Å². The van der Waals surface area contributed by atoms with Crippen molar-refractivity contribution in [1.82, 2.24) is 9.97 Å². The second-order valence-corrected chi connectivity index (χ2v) is 14.0. The summed E-state index contributed by atoms with van der Waals surface area (Å²) in [5.74, 6) is 0.544. The average molecular weight is 487 g/mol. The molecule has 0 bridgehead atoms. The fraction of sp³-hybridized carbons (Fsp3) is 0.500. The van der Waals surface area contributed by atoms with Gasteiger partial charge in [-0.05, 0) is 53.3 Å². The van der Waals surface area contributed by atoms with Crippen LogP contribution in [0.4, 0.5) is 0 Å². The van der Waals surface area contributed by atoms with Gasteiger partial charge in [0.2, 0.25) is 0 Å². The van der Waals surface area contributed by atoms with Gasteiger partial charge < -0.3 is 0 Å². The summed E-state index contributed by atoms with van der Waals surface area (Å²) in [6, 6.07) is 17.2. The lowest BCUT2D eigenvalue weighted by atomic mass is 9.76. The van der Waals surface area contributed by atoms with Gasteiger partial charge in [-0.3, -0.25) is 0 Å². The second-order valence-electron chi connectivity index (χ2n) is 12.9. The van der Waals surface area contributed by atoms with Gasteiger partial charge >= 0.3 is 0 Å². The van der Waals surface area contributed by atoms with Gasteiger partial charge in [0.15, 0.2) is 0 Å². The van der Waals surface area contributed by atoms with Crippen LogP contribution in [0.5, 0.6) is 0 Å². The molecule has 0 fully saturated rings. The summed E-state index contributed by atoms with van der Waals surface area (Å²) >= 11 is 2.00. The third-order valence-electron chi connectivity index (χ3n) is 7.18. The van der Waals surface area contributed by atoms with Crippen molar-refractivity contribution < 1.29 is 0 Å². The van der Waals surface area contributed by atoms with E-state index in [1.807, 2.05) is 11.3 Å². The number of hydrogen-bond acceptors (Lipinski definition) is 3. The Bertz CT molecular complexity index is 1330. The second kappa shape index (κ2) is 9.32. The lowest BCUT2D eigenvalue weighted by Gasteiger charge is -2.31. The first kappa shape index (κ1) is 25.8. The molecule has 0 radical (unpaired) electrons. The zero-order valence-corrected chi connectivity index (χ0v) is 23.9. The van der Waals surface area contributed by atoms with Crippen molar-refractivity contribution >= 4 is 32.5 Å². The highest BCUT2D eigenvalue weighted by Gasteiger charge is 2.32. The number of nitrogens with zero attached hydrogens (tertiary/aromatic N) is 2. The van der Waals surface area contributed by atoms with Gasteiger partial charge in [0.1, 0.15) is 0 Å². The van der Waals surface area contributed by atoms with Crippen molar-refractivity contribution in [3.8, 4) is 0 Å². The maximum atomic E-state index is 5.18. The lowest BCUT2D eigenvalue weighted by Crippen LogP contribution is -2.27. The Kier molecular flexibility index (Phi) is 6.87. The van der Waals surface area contributed by atoms with Gasteiger partial charge in [-0.15, -0.1) is 11.3 Å². The van der Waals surface area contributed by atoms with Crippen molar-refractivity contribution in [3.05, 3.63) is 70.4 Å². The van der Waals surface area contributed by atoms with Crippen molar-refractivity contribution in [1.29, 1.82) is 0 Å². The number of hydrogen-bond donors (Lipinski definition) is 0. The fourth-order valence-electron chi connectivity index (χ4n) is 5.28. The van der Waals surface area contributed by atoms with Crippen LogP contribution in [-0.2, 0) is 16.2 Å². The zero-order chi connectivity index (χ0) is 25.6. The summed E-state index contributed by atoms with van der Waals surface area (Å²) < 4.78 is 1.42. The first-order chi connectivity index (χ1) is 16.3. The first-order valence-electron chi connectivity index (χ1n) is 13.1. The van der Waals surface area contributed by atoms with E-state index in [1.165, 1.54) is 22.9 Å². The number of thiophene rings is 1. The Labute approximate surface area is 216 Å². The van der Waals surface area contributed by atoms with Crippen LogP contribution in [0.15, 0.2) is 48.5 Å². The Morgan fingerprint density at radius 1 is 0.743 bits per heavy atom. The van der Waals surface area contributed by atoms with E-state index in [9.17, 15) is 0 Å². The SMILES string of the molecule is CC(CCCC(C)(C)c1nc2ccccc2nc1C(C)(C)C)c1sc2ccccc2c1C(C)(C)C. The minimum atomic E-state index is -0.0460. The van der Waals surface area contributed by atoms with Crippen LogP contribution in [0.1, 0.15) is 109 Å². The highest BCUT2D eigenvalue weighted by molar-refractivity contribution is 7.19. The highest BCUT2D eigenvalue weighted by Crippen LogP contribution is 2.44. The first-order valence-corrected chi connectivity index (χ1v) is 13.9. The summed E-state index contributed by atoms with van der Waals surface area (Å²) in [5, 5.41) is 1.44. The zero-order valence-electron chi connectivity index (χ0n) is 23.1. The minimum absolute atomic E-state index is 0.0353. The largest absolute Gasteiger partial charge is 0.249 e. The average Bonchev–Trinajstić information content (AvgIpc) is 3.18. The molecular formula is C32H42N2S. The molecule has 2 heterocycles. The molecule has 0 amide bonds. The van der Waals surface area contributed by atoms with Crippen LogP contribution in [-0.4, -0.2) is 9.97 Å². The number of aromatic nitrogens is 2. The molecule has 0 saturated heterocycles. The third kappa shape index (κ3) is 5.31. The number of fused-ring (bicyclic) bond motifs is 2. The molecule has 0 aliphatic heterocycles. The summed E-state index contributed by atoms with van der Waals surface area (Å²) in [6.45, 7) is 20.9. The van der Waals surface area contributed by atoms with Crippen LogP contribution in [0.25, 0.3) is 21.1 Å². The van der Waals surface area contributed by atoms with Gasteiger partial charge in [-0.1, -0.05) is 99.1 Å². The van der Waals surface area contributed by atoms with E-state index in [-0.39, 0.29) is 16.2 Å². The maximum Gasteiger partial charge on any atom is 0.0890 e. The molecule has 0 aliphatic carbocycles. The third-order valence-corrected chi connectivity index (χ3v) is 8.58. The fourth-order valence-corrected chi connectivity index (χ4v) is 6.78. The molecule has 4 aromatic rings. The molecule has 2 nitrogen and oxygen atoms in total. The Hall–Kier alpha value is -2.26. The van der Waals surface area contributed by atoms with Gasteiger partial charge in [-0.25, -0.2) is 9.97 Å². The van der Waals surface area contributed by atoms with E-state index in [2.05, 4.69) is 111 Å². The van der Waals surface area contributed by atoms with Crippen molar-refractivity contribution in [2.24, 2.45) is 0 Å². The molecule has 0 spiro atoms. The van der Waals surface area contributed by atoms with E-state index >= 15 is 0 Å². The molecule has 2 aromatic carbocycles. The molecule has 0 aliphatic rings. The van der Waals surface area contributed by atoms with Gasteiger partial charge in [0.25, 0.3) is 0 Å². The molecule has 2 aromatic heterocycles. The Balaban J connectivity index is 1.59. The predicted molar refractivity (Wildman–Crippen MR) is 154 cm³/mol. The van der Waals surface area contributed by atoms with Crippen LogP contribution in [0.3, 0.4) is 0 Å². The van der Waals surface area contributed by atoms with E-state index in [0.29, 0.717) is 5.92 Å². The molecule has 3 heteroatoms. The van der Waals surface area contributed by atoms with Crippen LogP contribution in [0.2, 0.25) is 0 Å². The molecular weight excluding hydrogens is 444 g/mol. The topological polar surface area (TPSA) is 25.8 Å². The normalized spacial score (nSPS) is 14.1. The summed E-state index contributed by atoms with van der Waals surface area (Å²) in [5.41, 5.74) is 5.89. The van der Waals surface area contributed by atoms with Crippen LogP contribution >= 0.6 is 11.3 Å². The molecule has 35 heavy (non-hydrogen) atoms. The lowest BCUT2D eigenvalue weighted by molar-refractivity contribution is 0.413. The summed E-state index contributed by atoms with van der Waals surface area (Å²) in [4.78, 5) is 11.9. The molecule has 186 valence electrons. The number of rotatable bonds is 6. The van der Waals surface area contributed by atoms with E-state index in [1.54, 1.807) is 10.4 Å². The van der Waals surface area contributed by atoms with Crippen molar-refractivity contribution in [2.75, 3.05) is 0 Å². The quantitative estimate of drug-likeness (QED) is 0.271. The van der Waals surface area contributed by atoms with E-state index < -0.39 is 0 Å². The van der Waals surface area contributed by atoms with Gasteiger partial charge in [0.05, 0.1) is 22.4 Å². The molecule has 4 rings (SSSR count). The minimum Gasteiger partial charge on any atom is -0.249 e. The number of para-hydroxylation sites is 2. The van der Waals surface area contributed by atoms with Gasteiger partial charge in [-0.2, -0.15) is 0 Å². The number of benzene rings is 2. The summed E-state index contributed by atoms with van der Waals surface area (Å²) in [7, 11) is 0.